The van der Waals surface area contributed by atoms with Crippen LogP contribution in [0, 0.1) is 0 Å². The fourth-order valence-electron chi connectivity index (χ4n) is 1.65. The van der Waals surface area contributed by atoms with Crippen LogP contribution >= 0.6 is 38.5 Å². The van der Waals surface area contributed by atoms with Crippen molar-refractivity contribution in [2.75, 3.05) is 38.0 Å². The molecule has 0 N–H and O–H groups in total. The number of ether oxygens (including phenoxy) is 3. The third-order valence-corrected chi connectivity index (χ3v) is 4.93. The molecular weight excluding hydrogens is 423 g/mol. The van der Waals surface area contributed by atoms with E-state index >= 15 is 0 Å². The quantitative estimate of drug-likeness (QED) is 0.331. The third-order valence-electron chi connectivity index (χ3n) is 2.78. The zero-order valence-electron chi connectivity index (χ0n) is 11.3. The van der Waals surface area contributed by atoms with Gasteiger partial charge in [-0.05, 0) is 18.6 Å². The van der Waals surface area contributed by atoms with Crippen LogP contribution in [0.3, 0.4) is 0 Å². The molecule has 19 heavy (non-hydrogen) atoms. The summed E-state index contributed by atoms with van der Waals surface area (Å²) < 4.78 is 18.3. The molecule has 0 spiro atoms. The summed E-state index contributed by atoms with van der Waals surface area (Å²) in [5.74, 6) is 0. The molecule has 3 nitrogen and oxygen atoms in total. The summed E-state index contributed by atoms with van der Waals surface area (Å²) in [6, 6.07) is 8.17. The average Bonchev–Trinajstić information content (AvgIpc) is 2.43. The second-order valence-corrected chi connectivity index (χ2v) is 5.92. The maximum atomic E-state index is 6.02. The molecule has 108 valence electrons. The van der Waals surface area contributed by atoms with E-state index in [-0.39, 0.29) is 5.60 Å². The largest absolute Gasteiger partial charge is 0.382 e. The summed E-state index contributed by atoms with van der Waals surface area (Å²) in [5, 5.41) is 0. The Balaban J connectivity index is 2.49. The fraction of sp³-hybridized carbons (Fsp3) is 0.571. The SMILES string of the molecule is COCCOCCOC(C)(CI)c1ccccc1Br. The first kappa shape index (κ1) is 17.4. The van der Waals surface area contributed by atoms with Gasteiger partial charge in [0.05, 0.1) is 26.4 Å². The highest BCUT2D eigenvalue weighted by molar-refractivity contribution is 14.1. The monoisotopic (exact) mass is 442 g/mol. The Labute approximate surface area is 137 Å². The molecular formula is C14H20BrIO3. The molecule has 0 saturated carbocycles. The zero-order chi connectivity index (χ0) is 14.1. The Morgan fingerprint density at radius 1 is 1.16 bits per heavy atom. The third kappa shape index (κ3) is 5.67. The molecule has 0 amide bonds. The summed E-state index contributed by atoms with van der Waals surface area (Å²) in [5.41, 5.74) is 0.868. The number of hydrogen-bond acceptors (Lipinski definition) is 3. The van der Waals surface area contributed by atoms with E-state index in [0.29, 0.717) is 26.4 Å². The van der Waals surface area contributed by atoms with E-state index in [0.717, 1.165) is 8.90 Å². The van der Waals surface area contributed by atoms with E-state index < -0.39 is 0 Å². The molecule has 0 radical (unpaired) electrons. The summed E-state index contributed by atoms with van der Waals surface area (Å²) in [6.45, 7) is 4.49. The van der Waals surface area contributed by atoms with Crippen LogP contribution in [0.4, 0.5) is 0 Å². The smallest absolute Gasteiger partial charge is 0.100 e. The molecule has 1 unspecified atom stereocenters. The van der Waals surface area contributed by atoms with Crippen molar-refractivity contribution in [1.29, 1.82) is 0 Å². The Morgan fingerprint density at radius 2 is 1.84 bits per heavy atom. The van der Waals surface area contributed by atoms with Crippen molar-refractivity contribution in [2.45, 2.75) is 12.5 Å². The van der Waals surface area contributed by atoms with E-state index in [2.05, 4.69) is 51.5 Å². The molecule has 0 bridgehead atoms. The second kappa shape index (κ2) is 9.28. The number of methoxy groups -OCH3 is 1. The summed E-state index contributed by atoms with van der Waals surface area (Å²) in [6.07, 6.45) is 0. The van der Waals surface area contributed by atoms with Crippen LogP contribution in [0.15, 0.2) is 28.7 Å². The van der Waals surface area contributed by atoms with Crippen LogP contribution < -0.4 is 0 Å². The van der Waals surface area contributed by atoms with Crippen LogP contribution in [0.5, 0.6) is 0 Å². The molecule has 0 saturated heterocycles. The molecule has 0 aliphatic rings. The second-order valence-electron chi connectivity index (χ2n) is 4.30. The maximum Gasteiger partial charge on any atom is 0.100 e. The first-order chi connectivity index (χ1) is 9.14. The summed E-state index contributed by atoms with van der Waals surface area (Å²) >= 11 is 5.94. The molecule has 5 heteroatoms. The Kier molecular flexibility index (Phi) is 8.48. The van der Waals surface area contributed by atoms with Gasteiger partial charge in [-0.25, -0.2) is 0 Å². The Bertz CT molecular complexity index is 375. The van der Waals surface area contributed by atoms with E-state index in [4.69, 9.17) is 14.2 Å². The van der Waals surface area contributed by atoms with Crippen molar-refractivity contribution in [3.63, 3.8) is 0 Å². The molecule has 1 atom stereocenters. The number of halogens is 2. The predicted molar refractivity (Wildman–Crippen MR) is 89.0 cm³/mol. The van der Waals surface area contributed by atoms with E-state index in [1.807, 2.05) is 18.2 Å². The van der Waals surface area contributed by atoms with Gasteiger partial charge in [-0.1, -0.05) is 56.7 Å². The first-order valence-corrected chi connectivity index (χ1v) is 8.47. The number of hydrogen-bond donors (Lipinski definition) is 0. The molecule has 0 fully saturated rings. The first-order valence-electron chi connectivity index (χ1n) is 6.15. The van der Waals surface area contributed by atoms with Crippen LogP contribution in [0.1, 0.15) is 12.5 Å². The minimum atomic E-state index is -0.300. The Morgan fingerprint density at radius 3 is 2.47 bits per heavy atom. The van der Waals surface area contributed by atoms with E-state index in [9.17, 15) is 0 Å². The normalized spacial score (nSPS) is 14.3. The highest BCUT2D eigenvalue weighted by Gasteiger charge is 2.28. The van der Waals surface area contributed by atoms with Crippen molar-refractivity contribution >= 4 is 38.5 Å². The lowest BCUT2D eigenvalue weighted by Gasteiger charge is -2.29. The van der Waals surface area contributed by atoms with Gasteiger partial charge in [-0.15, -0.1) is 0 Å². The van der Waals surface area contributed by atoms with Gasteiger partial charge in [-0.2, -0.15) is 0 Å². The molecule has 0 heterocycles. The number of alkyl halides is 1. The van der Waals surface area contributed by atoms with Gasteiger partial charge >= 0.3 is 0 Å². The number of rotatable bonds is 9. The van der Waals surface area contributed by atoms with Crippen LogP contribution in [0.2, 0.25) is 0 Å². The summed E-state index contributed by atoms with van der Waals surface area (Å²) in [4.78, 5) is 0. The molecule has 0 aliphatic heterocycles. The van der Waals surface area contributed by atoms with Crippen molar-refractivity contribution in [3.8, 4) is 0 Å². The van der Waals surface area contributed by atoms with Crippen LogP contribution in [-0.4, -0.2) is 38.0 Å². The maximum absolute atomic E-state index is 6.02. The van der Waals surface area contributed by atoms with Crippen LogP contribution in [-0.2, 0) is 19.8 Å². The zero-order valence-corrected chi connectivity index (χ0v) is 15.1. The van der Waals surface area contributed by atoms with Gasteiger partial charge in [0.25, 0.3) is 0 Å². The van der Waals surface area contributed by atoms with Gasteiger partial charge in [0.1, 0.15) is 5.60 Å². The lowest BCUT2D eigenvalue weighted by Crippen LogP contribution is -2.30. The minimum absolute atomic E-state index is 0.300. The Hall–Kier alpha value is 0.310. The standard InChI is InChI=1S/C14H20BrIO3/c1-14(11-16,12-5-3-4-6-13(12)15)19-10-9-18-8-7-17-2/h3-6H,7-11H2,1-2H3. The topological polar surface area (TPSA) is 27.7 Å². The summed E-state index contributed by atoms with van der Waals surface area (Å²) in [7, 11) is 1.67. The molecule has 1 rings (SSSR count). The molecule has 0 aromatic heterocycles. The van der Waals surface area contributed by atoms with Gasteiger partial charge in [-0.3, -0.25) is 0 Å². The van der Waals surface area contributed by atoms with Gasteiger partial charge < -0.3 is 14.2 Å². The van der Waals surface area contributed by atoms with Gasteiger partial charge in [0, 0.05) is 16.0 Å². The highest BCUT2D eigenvalue weighted by atomic mass is 127. The number of benzene rings is 1. The average molecular weight is 443 g/mol. The fourth-order valence-corrected chi connectivity index (χ4v) is 2.98. The lowest BCUT2D eigenvalue weighted by molar-refractivity contribution is -0.0498. The molecule has 0 aliphatic carbocycles. The highest BCUT2D eigenvalue weighted by Crippen LogP contribution is 2.33. The lowest BCUT2D eigenvalue weighted by atomic mass is 9.98. The minimum Gasteiger partial charge on any atom is -0.382 e. The van der Waals surface area contributed by atoms with Crippen molar-refractivity contribution in [1.82, 2.24) is 0 Å². The van der Waals surface area contributed by atoms with Gasteiger partial charge in [0.2, 0.25) is 0 Å². The predicted octanol–water partition coefficient (Wildman–Crippen LogP) is 3.78. The molecule has 1 aromatic rings. The van der Waals surface area contributed by atoms with E-state index in [1.165, 1.54) is 5.56 Å². The molecule has 1 aromatic carbocycles. The van der Waals surface area contributed by atoms with Crippen molar-refractivity contribution in [3.05, 3.63) is 34.3 Å². The van der Waals surface area contributed by atoms with Crippen LogP contribution in [0.25, 0.3) is 0 Å². The van der Waals surface area contributed by atoms with Gasteiger partial charge in [0.15, 0.2) is 0 Å². The van der Waals surface area contributed by atoms with Crippen molar-refractivity contribution in [2.24, 2.45) is 0 Å². The van der Waals surface area contributed by atoms with Crippen molar-refractivity contribution < 1.29 is 14.2 Å². The van der Waals surface area contributed by atoms with E-state index in [1.54, 1.807) is 7.11 Å².